The third-order valence-corrected chi connectivity index (χ3v) is 2.54. The van der Waals surface area contributed by atoms with E-state index in [1.54, 1.807) is 23.1 Å². The second kappa shape index (κ2) is 4.14. The Bertz CT molecular complexity index is 335. The highest BCUT2D eigenvalue weighted by atomic mass is 16.3. The maximum Gasteiger partial charge on any atom is 0.129 e. The van der Waals surface area contributed by atoms with Gasteiger partial charge in [-0.2, -0.15) is 0 Å². The molecule has 1 aromatic heterocycles. The fraction of sp³-hybridized carbons (Fsp3) is 0.500. The van der Waals surface area contributed by atoms with Gasteiger partial charge in [-0.05, 0) is 12.1 Å². The molecule has 0 aliphatic carbocycles. The molecule has 2 atom stereocenters. The highest BCUT2D eigenvalue weighted by molar-refractivity contribution is 5.41. The molecule has 0 saturated carbocycles. The lowest BCUT2D eigenvalue weighted by molar-refractivity contribution is 0.0572. The average molecular weight is 210 g/mol. The first-order valence-electron chi connectivity index (χ1n) is 4.88. The topological polar surface area (TPSA) is 76.8 Å². The number of pyridine rings is 1. The minimum atomic E-state index is -0.718. The summed E-state index contributed by atoms with van der Waals surface area (Å²) in [7, 11) is 0. The molecule has 0 bridgehead atoms. The maximum absolute atomic E-state index is 9.39. The second-order valence-electron chi connectivity index (χ2n) is 3.68. The Kier molecular flexibility index (Phi) is 2.86. The van der Waals surface area contributed by atoms with E-state index in [4.69, 9.17) is 5.11 Å². The van der Waals surface area contributed by atoms with Crippen molar-refractivity contribution in [3.8, 4) is 0 Å². The van der Waals surface area contributed by atoms with Crippen LogP contribution in [0.25, 0.3) is 0 Å². The first kappa shape index (κ1) is 10.4. The molecule has 5 nitrogen and oxygen atoms in total. The Labute approximate surface area is 87.6 Å². The predicted octanol–water partition coefficient (Wildman–Crippen LogP) is -0.884. The summed E-state index contributed by atoms with van der Waals surface area (Å²) in [5.74, 6) is 0.678. The van der Waals surface area contributed by atoms with Gasteiger partial charge in [0.15, 0.2) is 0 Å². The Hall–Kier alpha value is -1.17. The van der Waals surface area contributed by atoms with Gasteiger partial charge in [0, 0.05) is 13.1 Å². The van der Waals surface area contributed by atoms with Crippen molar-refractivity contribution in [2.24, 2.45) is 0 Å². The standard InChI is InChI=1S/C10H14N2O3/c13-6-7-2-1-3-10(11-7)12-4-8(14)9(15)5-12/h1-3,8-9,13-15H,4-6H2. The van der Waals surface area contributed by atoms with Crippen molar-refractivity contribution < 1.29 is 15.3 Å². The molecule has 2 rings (SSSR count). The minimum Gasteiger partial charge on any atom is -0.390 e. The number of aromatic nitrogens is 1. The van der Waals surface area contributed by atoms with Crippen molar-refractivity contribution in [2.45, 2.75) is 18.8 Å². The molecule has 0 spiro atoms. The molecule has 5 heteroatoms. The van der Waals surface area contributed by atoms with Crippen LogP contribution in [0.15, 0.2) is 18.2 Å². The van der Waals surface area contributed by atoms with E-state index in [1.165, 1.54) is 0 Å². The Morgan fingerprint density at radius 2 is 1.93 bits per heavy atom. The third-order valence-electron chi connectivity index (χ3n) is 2.54. The molecule has 2 unspecified atom stereocenters. The summed E-state index contributed by atoms with van der Waals surface area (Å²) in [6, 6.07) is 5.32. The van der Waals surface area contributed by atoms with E-state index in [-0.39, 0.29) is 6.61 Å². The number of hydrogen-bond acceptors (Lipinski definition) is 5. The lowest BCUT2D eigenvalue weighted by Gasteiger charge is -2.16. The average Bonchev–Trinajstić information content (AvgIpc) is 2.59. The van der Waals surface area contributed by atoms with Crippen LogP contribution in [0.3, 0.4) is 0 Å². The number of β-amino-alcohol motifs (C(OH)–C–C–N with tert-alkyl or cyclic N) is 2. The molecular weight excluding hydrogens is 196 g/mol. The van der Waals surface area contributed by atoms with Gasteiger partial charge in [-0.25, -0.2) is 4.98 Å². The zero-order chi connectivity index (χ0) is 10.8. The largest absolute Gasteiger partial charge is 0.390 e. The number of nitrogens with zero attached hydrogens (tertiary/aromatic N) is 2. The van der Waals surface area contributed by atoms with E-state index in [9.17, 15) is 10.2 Å². The lowest BCUT2D eigenvalue weighted by Crippen LogP contribution is -2.22. The first-order chi connectivity index (χ1) is 7.20. The van der Waals surface area contributed by atoms with Gasteiger partial charge >= 0.3 is 0 Å². The van der Waals surface area contributed by atoms with Gasteiger partial charge in [0.1, 0.15) is 5.82 Å². The molecular formula is C10H14N2O3. The van der Waals surface area contributed by atoms with E-state index in [0.29, 0.717) is 24.6 Å². The molecule has 1 fully saturated rings. The van der Waals surface area contributed by atoms with Crippen molar-refractivity contribution in [1.29, 1.82) is 0 Å². The quantitative estimate of drug-likeness (QED) is 0.590. The van der Waals surface area contributed by atoms with Gasteiger partial charge in [-0.15, -0.1) is 0 Å². The van der Waals surface area contributed by atoms with Gasteiger partial charge in [-0.1, -0.05) is 6.07 Å². The summed E-state index contributed by atoms with van der Waals surface area (Å²) in [6.45, 7) is 0.652. The molecule has 1 saturated heterocycles. The molecule has 82 valence electrons. The molecule has 3 N–H and O–H groups in total. The number of aliphatic hydroxyl groups is 3. The van der Waals surface area contributed by atoms with Crippen LogP contribution in [-0.2, 0) is 6.61 Å². The van der Waals surface area contributed by atoms with Crippen molar-refractivity contribution in [3.63, 3.8) is 0 Å². The molecule has 1 aliphatic rings. The van der Waals surface area contributed by atoms with Crippen molar-refractivity contribution in [1.82, 2.24) is 4.98 Å². The molecule has 2 heterocycles. The fourth-order valence-electron chi connectivity index (χ4n) is 1.69. The van der Waals surface area contributed by atoms with Gasteiger partial charge in [0.2, 0.25) is 0 Å². The Morgan fingerprint density at radius 3 is 2.53 bits per heavy atom. The smallest absolute Gasteiger partial charge is 0.129 e. The van der Waals surface area contributed by atoms with E-state index in [1.807, 2.05) is 0 Å². The van der Waals surface area contributed by atoms with Gasteiger partial charge in [0.25, 0.3) is 0 Å². The molecule has 15 heavy (non-hydrogen) atoms. The van der Waals surface area contributed by atoms with E-state index >= 15 is 0 Å². The Morgan fingerprint density at radius 1 is 1.27 bits per heavy atom. The highest BCUT2D eigenvalue weighted by Gasteiger charge is 2.30. The molecule has 1 aliphatic heterocycles. The summed E-state index contributed by atoms with van der Waals surface area (Å²) in [5.41, 5.74) is 0.586. The predicted molar refractivity (Wildman–Crippen MR) is 54.4 cm³/mol. The second-order valence-corrected chi connectivity index (χ2v) is 3.68. The summed E-state index contributed by atoms with van der Waals surface area (Å²) >= 11 is 0. The van der Waals surface area contributed by atoms with E-state index in [2.05, 4.69) is 4.98 Å². The van der Waals surface area contributed by atoms with Crippen LogP contribution in [0, 0.1) is 0 Å². The van der Waals surface area contributed by atoms with Gasteiger partial charge in [0.05, 0.1) is 24.5 Å². The number of rotatable bonds is 2. The van der Waals surface area contributed by atoms with Crippen LogP contribution < -0.4 is 4.90 Å². The third kappa shape index (κ3) is 2.09. The summed E-state index contributed by atoms with van der Waals surface area (Å²) < 4.78 is 0. The first-order valence-corrected chi connectivity index (χ1v) is 4.88. The lowest BCUT2D eigenvalue weighted by atomic mass is 10.3. The van der Waals surface area contributed by atoms with E-state index in [0.717, 1.165) is 0 Å². The Balaban J connectivity index is 2.16. The van der Waals surface area contributed by atoms with Crippen molar-refractivity contribution in [2.75, 3.05) is 18.0 Å². The van der Waals surface area contributed by atoms with Crippen LogP contribution in [0.5, 0.6) is 0 Å². The van der Waals surface area contributed by atoms with Crippen LogP contribution in [0.1, 0.15) is 5.69 Å². The molecule has 0 amide bonds. The summed E-state index contributed by atoms with van der Waals surface area (Å²) in [5, 5.41) is 27.7. The molecule has 1 aromatic rings. The zero-order valence-corrected chi connectivity index (χ0v) is 8.24. The van der Waals surface area contributed by atoms with Crippen LogP contribution in [0.4, 0.5) is 5.82 Å². The minimum absolute atomic E-state index is 0.104. The van der Waals surface area contributed by atoms with E-state index < -0.39 is 12.2 Å². The summed E-state index contributed by atoms with van der Waals surface area (Å²) in [4.78, 5) is 6.00. The SMILES string of the molecule is OCc1cccc(N2CC(O)C(O)C2)n1. The van der Waals surface area contributed by atoms with Gasteiger partial charge in [-0.3, -0.25) is 0 Å². The fourth-order valence-corrected chi connectivity index (χ4v) is 1.69. The van der Waals surface area contributed by atoms with Crippen LogP contribution >= 0.6 is 0 Å². The number of hydrogen-bond donors (Lipinski definition) is 3. The van der Waals surface area contributed by atoms with Crippen molar-refractivity contribution >= 4 is 5.82 Å². The highest BCUT2D eigenvalue weighted by Crippen LogP contribution is 2.18. The number of anilines is 1. The number of aliphatic hydroxyl groups excluding tert-OH is 3. The monoisotopic (exact) mass is 210 g/mol. The molecule has 0 aromatic carbocycles. The maximum atomic E-state index is 9.39. The van der Waals surface area contributed by atoms with Crippen LogP contribution in [0.2, 0.25) is 0 Å². The van der Waals surface area contributed by atoms with Gasteiger partial charge < -0.3 is 20.2 Å². The normalized spacial score (nSPS) is 25.9. The summed E-state index contributed by atoms with van der Waals surface area (Å²) in [6.07, 6.45) is -1.44. The molecule has 0 radical (unpaired) electrons. The zero-order valence-electron chi connectivity index (χ0n) is 8.24. The van der Waals surface area contributed by atoms with Crippen LogP contribution in [-0.4, -0.2) is 45.6 Å². The van der Waals surface area contributed by atoms with Crippen molar-refractivity contribution in [3.05, 3.63) is 23.9 Å².